The van der Waals surface area contributed by atoms with Gasteiger partial charge in [-0.1, -0.05) is 20.3 Å². The Hall–Kier alpha value is -2.36. The number of rotatable bonds is 4. The predicted molar refractivity (Wildman–Crippen MR) is 62.2 cm³/mol. The molecule has 1 aromatic rings. The van der Waals surface area contributed by atoms with Crippen LogP contribution in [0.3, 0.4) is 0 Å². The molecule has 0 saturated carbocycles. The molecule has 2 N–H and O–H groups in total. The molecule has 0 bridgehead atoms. The number of aromatic amines is 1. The third-order valence-corrected chi connectivity index (χ3v) is 2.82. The number of carbonyl (C=O) groups is 1. The second-order valence-corrected chi connectivity index (χ2v) is 3.99. The van der Waals surface area contributed by atoms with Gasteiger partial charge >= 0.3 is 11.7 Å². The molecule has 7 nitrogen and oxygen atoms in total. The maximum absolute atomic E-state index is 11.6. The number of nitriles is 1. The summed E-state index contributed by atoms with van der Waals surface area (Å²) in [5, 5.41) is 17.9. The number of nitrogens with one attached hydrogen (secondary N) is 1. The van der Waals surface area contributed by atoms with Gasteiger partial charge in [-0.15, -0.1) is 0 Å². The molecule has 0 radical (unpaired) electrons. The van der Waals surface area contributed by atoms with Gasteiger partial charge in [-0.25, -0.2) is 9.59 Å². The average molecular weight is 251 g/mol. The standard InChI is InChI=1S/C11H13N3O4/c1-3-6(2)8(10(16)17)14-5-7(4-12)9(15)13-11(14)18/h5-6,8H,3H2,1-2H3,(H,16,17)(H,13,15,18)/t6-,8+/m1/s1. The van der Waals surface area contributed by atoms with E-state index >= 15 is 0 Å². The Morgan fingerprint density at radius 3 is 2.67 bits per heavy atom. The van der Waals surface area contributed by atoms with Crippen molar-refractivity contribution in [3.05, 3.63) is 32.6 Å². The molecule has 0 aliphatic rings. The van der Waals surface area contributed by atoms with Crippen LogP contribution in [0, 0.1) is 17.2 Å². The third-order valence-electron chi connectivity index (χ3n) is 2.82. The number of hydrogen-bond donors (Lipinski definition) is 2. The first-order chi connectivity index (χ1) is 8.42. The number of nitrogens with zero attached hydrogens (tertiary/aromatic N) is 2. The van der Waals surface area contributed by atoms with Crippen molar-refractivity contribution < 1.29 is 9.90 Å². The van der Waals surface area contributed by atoms with Crippen LogP contribution in [0.5, 0.6) is 0 Å². The summed E-state index contributed by atoms with van der Waals surface area (Å²) in [6, 6.07) is 0.512. The molecule has 0 aliphatic carbocycles. The van der Waals surface area contributed by atoms with Crippen molar-refractivity contribution in [3.63, 3.8) is 0 Å². The number of H-pyrrole nitrogens is 1. The summed E-state index contributed by atoms with van der Waals surface area (Å²) in [7, 11) is 0. The quantitative estimate of drug-likeness (QED) is 0.786. The van der Waals surface area contributed by atoms with E-state index in [-0.39, 0.29) is 11.5 Å². The van der Waals surface area contributed by atoms with Gasteiger partial charge in [-0.3, -0.25) is 14.3 Å². The van der Waals surface area contributed by atoms with Crippen LogP contribution in [0.1, 0.15) is 31.9 Å². The highest BCUT2D eigenvalue weighted by Crippen LogP contribution is 2.19. The maximum Gasteiger partial charge on any atom is 0.329 e. The first-order valence-electron chi connectivity index (χ1n) is 5.40. The lowest BCUT2D eigenvalue weighted by Gasteiger charge is -2.20. The van der Waals surface area contributed by atoms with Crippen molar-refractivity contribution in [2.75, 3.05) is 0 Å². The van der Waals surface area contributed by atoms with E-state index in [0.29, 0.717) is 6.42 Å². The number of carboxylic acid groups (broad SMARTS) is 1. The van der Waals surface area contributed by atoms with Crippen LogP contribution < -0.4 is 11.2 Å². The monoisotopic (exact) mass is 251 g/mol. The molecule has 96 valence electrons. The van der Waals surface area contributed by atoms with Crippen molar-refractivity contribution in [1.82, 2.24) is 9.55 Å². The largest absolute Gasteiger partial charge is 0.480 e. The van der Waals surface area contributed by atoms with Crippen molar-refractivity contribution in [2.45, 2.75) is 26.3 Å². The summed E-state index contributed by atoms with van der Waals surface area (Å²) in [6.07, 6.45) is 1.54. The van der Waals surface area contributed by atoms with Gasteiger partial charge in [0.25, 0.3) is 5.56 Å². The molecule has 18 heavy (non-hydrogen) atoms. The molecular formula is C11H13N3O4. The van der Waals surface area contributed by atoms with Gasteiger partial charge in [0.2, 0.25) is 0 Å². The fraction of sp³-hybridized carbons (Fsp3) is 0.455. The molecule has 0 aromatic carbocycles. The molecule has 0 unspecified atom stereocenters. The lowest BCUT2D eigenvalue weighted by atomic mass is 9.99. The van der Waals surface area contributed by atoms with Crippen molar-refractivity contribution in [2.24, 2.45) is 5.92 Å². The Bertz CT molecular complexity index is 608. The van der Waals surface area contributed by atoms with Gasteiger partial charge < -0.3 is 5.11 Å². The van der Waals surface area contributed by atoms with Gasteiger partial charge in [0, 0.05) is 6.20 Å². The van der Waals surface area contributed by atoms with E-state index in [2.05, 4.69) is 0 Å². The molecule has 1 rings (SSSR count). The summed E-state index contributed by atoms with van der Waals surface area (Å²) in [6.45, 7) is 3.48. The second-order valence-electron chi connectivity index (χ2n) is 3.99. The molecule has 1 heterocycles. The van der Waals surface area contributed by atoms with Gasteiger partial charge in [0.15, 0.2) is 0 Å². The molecule has 0 saturated heterocycles. The van der Waals surface area contributed by atoms with Crippen molar-refractivity contribution >= 4 is 5.97 Å². The Morgan fingerprint density at radius 2 is 2.22 bits per heavy atom. The Labute approximate surface area is 102 Å². The molecule has 7 heteroatoms. The van der Waals surface area contributed by atoms with Gasteiger partial charge in [-0.05, 0) is 5.92 Å². The molecule has 0 amide bonds. The lowest BCUT2D eigenvalue weighted by Crippen LogP contribution is -2.38. The van der Waals surface area contributed by atoms with Crippen LogP contribution in [0.4, 0.5) is 0 Å². The summed E-state index contributed by atoms with van der Waals surface area (Å²) >= 11 is 0. The van der Waals surface area contributed by atoms with E-state index in [1.54, 1.807) is 19.9 Å². The van der Waals surface area contributed by atoms with Crippen LogP contribution in [-0.4, -0.2) is 20.6 Å². The van der Waals surface area contributed by atoms with E-state index in [1.165, 1.54) is 0 Å². The van der Waals surface area contributed by atoms with Gasteiger partial charge in [0.05, 0.1) is 0 Å². The topological polar surface area (TPSA) is 116 Å². The average Bonchev–Trinajstić information content (AvgIpc) is 2.31. The molecule has 0 aliphatic heterocycles. The Kier molecular flexibility index (Phi) is 4.05. The zero-order chi connectivity index (χ0) is 13.9. The number of carboxylic acids is 1. The molecule has 1 aromatic heterocycles. The number of hydrogen-bond acceptors (Lipinski definition) is 4. The maximum atomic E-state index is 11.6. The van der Waals surface area contributed by atoms with Crippen LogP contribution in [-0.2, 0) is 4.79 Å². The minimum Gasteiger partial charge on any atom is -0.480 e. The fourth-order valence-corrected chi connectivity index (χ4v) is 1.63. The highest BCUT2D eigenvalue weighted by molar-refractivity contribution is 5.72. The van der Waals surface area contributed by atoms with Crippen molar-refractivity contribution in [3.8, 4) is 6.07 Å². The van der Waals surface area contributed by atoms with Gasteiger partial charge in [-0.2, -0.15) is 5.26 Å². The zero-order valence-electron chi connectivity index (χ0n) is 10.0. The van der Waals surface area contributed by atoms with Crippen LogP contribution in [0.2, 0.25) is 0 Å². The molecule has 0 fully saturated rings. The number of aliphatic carboxylic acids is 1. The minimum absolute atomic E-state index is 0.288. The first-order valence-corrected chi connectivity index (χ1v) is 5.40. The summed E-state index contributed by atoms with van der Waals surface area (Å²) in [5.41, 5.74) is -1.93. The highest BCUT2D eigenvalue weighted by Gasteiger charge is 2.27. The predicted octanol–water partition coefficient (Wildman–Crippen LogP) is 0.0801. The second kappa shape index (κ2) is 5.31. The first kappa shape index (κ1) is 13.7. The van der Waals surface area contributed by atoms with E-state index in [0.717, 1.165) is 10.8 Å². The Morgan fingerprint density at radius 1 is 1.61 bits per heavy atom. The normalized spacial score (nSPS) is 13.6. The number of aromatic nitrogens is 2. The SMILES string of the molecule is CC[C@@H](C)[C@@H](C(=O)O)n1cc(C#N)c(=O)[nH]c1=O. The minimum atomic E-state index is -1.18. The van der Waals surface area contributed by atoms with Crippen molar-refractivity contribution in [1.29, 1.82) is 5.26 Å². The van der Waals surface area contributed by atoms with Crippen LogP contribution in [0.25, 0.3) is 0 Å². The Balaban J connectivity index is 3.48. The van der Waals surface area contributed by atoms with E-state index in [9.17, 15) is 14.4 Å². The van der Waals surface area contributed by atoms with Gasteiger partial charge in [0.1, 0.15) is 17.7 Å². The summed E-state index contributed by atoms with van der Waals surface area (Å²) in [4.78, 5) is 36.0. The zero-order valence-corrected chi connectivity index (χ0v) is 10.0. The van der Waals surface area contributed by atoms with E-state index < -0.39 is 23.3 Å². The molecule has 0 spiro atoms. The third kappa shape index (κ3) is 2.48. The molecule has 2 atom stereocenters. The van der Waals surface area contributed by atoms with Crippen LogP contribution >= 0.6 is 0 Å². The molecular weight excluding hydrogens is 238 g/mol. The van der Waals surface area contributed by atoms with Crippen LogP contribution in [0.15, 0.2) is 15.8 Å². The smallest absolute Gasteiger partial charge is 0.329 e. The fourth-order valence-electron chi connectivity index (χ4n) is 1.63. The van der Waals surface area contributed by atoms with E-state index in [1.807, 2.05) is 4.98 Å². The lowest BCUT2D eigenvalue weighted by molar-refractivity contribution is -0.142. The summed E-state index contributed by atoms with van der Waals surface area (Å²) in [5.74, 6) is -1.49. The summed E-state index contributed by atoms with van der Waals surface area (Å²) < 4.78 is 0.885. The highest BCUT2D eigenvalue weighted by atomic mass is 16.4. The van der Waals surface area contributed by atoms with E-state index in [4.69, 9.17) is 10.4 Å².